The van der Waals surface area contributed by atoms with Crippen LogP contribution in [0, 0.1) is 5.41 Å². The van der Waals surface area contributed by atoms with Gasteiger partial charge in [-0.3, -0.25) is 4.79 Å². The molecule has 1 unspecified atom stereocenters. The smallest absolute Gasteiger partial charge is 0.230 e. The lowest BCUT2D eigenvalue weighted by Crippen LogP contribution is -2.32. The monoisotopic (exact) mass is 143 g/mol. The van der Waals surface area contributed by atoms with Crippen LogP contribution in [0.1, 0.15) is 13.3 Å². The molecule has 3 nitrogen and oxygen atoms in total. The molecule has 1 N–H and O–H groups in total. The fourth-order valence-corrected chi connectivity index (χ4v) is 1.23. The third-order valence-corrected chi connectivity index (χ3v) is 2.21. The summed E-state index contributed by atoms with van der Waals surface area (Å²) >= 11 is 0. The highest BCUT2D eigenvalue weighted by molar-refractivity contribution is 5.84. The van der Waals surface area contributed by atoms with Crippen molar-refractivity contribution in [3.05, 3.63) is 0 Å². The highest BCUT2D eigenvalue weighted by atomic mass is 16.3. The Kier molecular flexibility index (Phi) is 1.68. The number of hydrogen-bond donors (Lipinski definition) is 1. The predicted octanol–water partition coefficient (Wildman–Crippen LogP) is -0.153. The molecule has 1 fully saturated rings. The van der Waals surface area contributed by atoms with Crippen molar-refractivity contribution in [1.29, 1.82) is 0 Å². The van der Waals surface area contributed by atoms with Crippen LogP contribution in [0.25, 0.3) is 0 Å². The first-order chi connectivity index (χ1) is 4.60. The number of carbonyl (C=O) groups excluding carboxylic acids is 1. The molecule has 1 aliphatic rings. The summed E-state index contributed by atoms with van der Waals surface area (Å²) in [6.07, 6.45) is 0.777. The summed E-state index contributed by atoms with van der Waals surface area (Å²) in [7, 11) is 1.77. The number of likely N-dealkylation sites (tertiary alicyclic amines) is 1. The van der Waals surface area contributed by atoms with Crippen LogP contribution in [0.15, 0.2) is 0 Å². The maximum Gasteiger partial charge on any atom is 0.230 e. The van der Waals surface area contributed by atoms with Crippen LogP contribution in [0.3, 0.4) is 0 Å². The Bertz CT molecular complexity index is 158. The van der Waals surface area contributed by atoms with Gasteiger partial charge in [0.15, 0.2) is 0 Å². The van der Waals surface area contributed by atoms with E-state index in [-0.39, 0.29) is 12.5 Å². The maximum atomic E-state index is 11.2. The van der Waals surface area contributed by atoms with Crippen molar-refractivity contribution in [1.82, 2.24) is 4.90 Å². The van der Waals surface area contributed by atoms with Gasteiger partial charge in [-0.15, -0.1) is 0 Å². The second kappa shape index (κ2) is 2.23. The summed E-state index contributed by atoms with van der Waals surface area (Å²) in [5.74, 6) is 0.0648. The second-order valence-corrected chi connectivity index (χ2v) is 3.20. The van der Waals surface area contributed by atoms with E-state index in [9.17, 15) is 4.79 Å². The van der Waals surface area contributed by atoms with E-state index in [4.69, 9.17) is 5.11 Å². The molecular formula is C7H13NO2. The zero-order valence-corrected chi connectivity index (χ0v) is 6.42. The number of amides is 1. The lowest BCUT2D eigenvalue weighted by molar-refractivity contribution is -0.135. The molecule has 1 aliphatic heterocycles. The molecule has 0 bridgehead atoms. The van der Waals surface area contributed by atoms with Gasteiger partial charge in [-0.1, -0.05) is 0 Å². The van der Waals surface area contributed by atoms with E-state index in [1.807, 2.05) is 0 Å². The Hall–Kier alpha value is -0.570. The first-order valence-electron chi connectivity index (χ1n) is 3.46. The first kappa shape index (κ1) is 7.54. The highest BCUT2D eigenvalue weighted by Crippen LogP contribution is 2.29. The van der Waals surface area contributed by atoms with Crippen molar-refractivity contribution in [2.24, 2.45) is 5.41 Å². The summed E-state index contributed by atoms with van der Waals surface area (Å²) in [4.78, 5) is 12.9. The first-order valence-corrected chi connectivity index (χ1v) is 3.46. The number of nitrogens with zero attached hydrogens (tertiary/aromatic N) is 1. The minimum absolute atomic E-state index is 0.0316. The largest absolute Gasteiger partial charge is 0.395 e. The average molecular weight is 143 g/mol. The predicted molar refractivity (Wildman–Crippen MR) is 37.4 cm³/mol. The van der Waals surface area contributed by atoms with Gasteiger partial charge < -0.3 is 10.0 Å². The Labute approximate surface area is 60.6 Å². The van der Waals surface area contributed by atoms with Crippen LogP contribution in [0.5, 0.6) is 0 Å². The quantitative estimate of drug-likeness (QED) is 0.554. The van der Waals surface area contributed by atoms with Gasteiger partial charge in [0.05, 0.1) is 12.0 Å². The summed E-state index contributed by atoms with van der Waals surface area (Å²) in [6.45, 7) is 2.55. The molecular weight excluding hydrogens is 130 g/mol. The Balaban J connectivity index is 2.73. The highest BCUT2D eigenvalue weighted by Gasteiger charge is 2.40. The van der Waals surface area contributed by atoms with Gasteiger partial charge in [-0.25, -0.2) is 0 Å². The number of aliphatic hydroxyl groups is 1. The van der Waals surface area contributed by atoms with Crippen molar-refractivity contribution in [2.45, 2.75) is 13.3 Å². The van der Waals surface area contributed by atoms with E-state index in [2.05, 4.69) is 0 Å². The number of hydrogen-bond acceptors (Lipinski definition) is 2. The number of aliphatic hydroxyl groups excluding tert-OH is 1. The average Bonchev–Trinajstić information content (AvgIpc) is 2.19. The zero-order valence-electron chi connectivity index (χ0n) is 6.42. The third kappa shape index (κ3) is 0.904. The minimum Gasteiger partial charge on any atom is -0.395 e. The van der Waals surface area contributed by atoms with Crippen LogP contribution < -0.4 is 0 Å². The lowest BCUT2D eigenvalue weighted by Gasteiger charge is -2.17. The molecule has 0 aliphatic carbocycles. The molecule has 58 valence electrons. The van der Waals surface area contributed by atoms with Gasteiger partial charge in [0, 0.05) is 13.6 Å². The van der Waals surface area contributed by atoms with E-state index in [1.165, 1.54) is 0 Å². The molecule has 1 heterocycles. The second-order valence-electron chi connectivity index (χ2n) is 3.20. The Morgan fingerprint density at radius 2 is 2.40 bits per heavy atom. The van der Waals surface area contributed by atoms with Crippen LogP contribution in [-0.4, -0.2) is 36.1 Å². The zero-order chi connectivity index (χ0) is 7.78. The Morgan fingerprint density at radius 1 is 1.80 bits per heavy atom. The third-order valence-electron chi connectivity index (χ3n) is 2.21. The molecule has 0 aromatic heterocycles. The number of carbonyl (C=O) groups is 1. The van der Waals surface area contributed by atoms with Crippen LogP contribution in [0.2, 0.25) is 0 Å². The van der Waals surface area contributed by atoms with Crippen molar-refractivity contribution in [3.8, 4) is 0 Å². The maximum absolute atomic E-state index is 11.2. The van der Waals surface area contributed by atoms with Gasteiger partial charge in [0.1, 0.15) is 0 Å². The molecule has 1 saturated heterocycles. The molecule has 3 heteroatoms. The van der Waals surface area contributed by atoms with Crippen molar-refractivity contribution in [3.63, 3.8) is 0 Å². The SMILES string of the molecule is CN1CCC(C)(CO)C1=O. The molecule has 1 amide bonds. The van der Waals surface area contributed by atoms with Crippen LogP contribution in [0.4, 0.5) is 0 Å². The molecule has 0 spiro atoms. The van der Waals surface area contributed by atoms with E-state index in [0.29, 0.717) is 0 Å². The standard InChI is InChI=1S/C7H13NO2/c1-7(5-9)3-4-8(2)6(7)10/h9H,3-5H2,1-2H3. The Morgan fingerprint density at radius 3 is 2.60 bits per heavy atom. The summed E-state index contributed by atoms with van der Waals surface area (Å²) < 4.78 is 0. The van der Waals surface area contributed by atoms with Gasteiger partial charge in [-0.2, -0.15) is 0 Å². The van der Waals surface area contributed by atoms with Gasteiger partial charge in [0.25, 0.3) is 0 Å². The summed E-state index contributed by atoms with van der Waals surface area (Å²) in [6, 6.07) is 0. The van der Waals surface area contributed by atoms with Crippen molar-refractivity contribution < 1.29 is 9.90 Å². The minimum atomic E-state index is -0.491. The molecule has 0 aromatic rings. The van der Waals surface area contributed by atoms with Crippen molar-refractivity contribution in [2.75, 3.05) is 20.2 Å². The summed E-state index contributed by atoms with van der Waals surface area (Å²) in [5.41, 5.74) is -0.491. The van der Waals surface area contributed by atoms with E-state index >= 15 is 0 Å². The van der Waals surface area contributed by atoms with Gasteiger partial charge >= 0.3 is 0 Å². The normalized spacial score (nSPS) is 33.5. The molecule has 0 radical (unpaired) electrons. The fraction of sp³-hybridized carbons (Fsp3) is 0.857. The van der Waals surface area contributed by atoms with Gasteiger partial charge in [-0.05, 0) is 13.3 Å². The fourth-order valence-electron chi connectivity index (χ4n) is 1.23. The topological polar surface area (TPSA) is 40.5 Å². The molecule has 0 aromatic carbocycles. The summed E-state index contributed by atoms with van der Waals surface area (Å²) in [5, 5.41) is 8.87. The van der Waals surface area contributed by atoms with E-state index in [0.717, 1.165) is 13.0 Å². The van der Waals surface area contributed by atoms with Gasteiger partial charge in [0.2, 0.25) is 5.91 Å². The van der Waals surface area contributed by atoms with E-state index < -0.39 is 5.41 Å². The lowest BCUT2D eigenvalue weighted by atomic mass is 9.90. The van der Waals surface area contributed by atoms with Crippen LogP contribution in [-0.2, 0) is 4.79 Å². The number of rotatable bonds is 1. The molecule has 10 heavy (non-hydrogen) atoms. The van der Waals surface area contributed by atoms with Crippen molar-refractivity contribution >= 4 is 5.91 Å². The van der Waals surface area contributed by atoms with Crippen LogP contribution >= 0.6 is 0 Å². The molecule has 1 rings (SSSR count). The molecule has 0 saturated carbocycles. The van der Waals surface area contributed by atoms with E-state index in [1.54, 1.807) is 18.9 Å². The molecule has 1 atom stereocenters.